The molecular weight excluding hydrogens is 252 g/mol. The molecule has 2 aliphatic carbocycles. The van der Waals surface area contributed by atoms with Crippen molar-refractivity contribution in [2.45, 2.75) is 45.8 Å². The van der Waals surface area contributed by atoms with E-state index in [4.69, 9.17) is 0 Å². The van der Waals surface area contributed by atoms with Crippen LogP contribution in [0.15, 0.2) is 6.20 Å². The first-order valence-corrected chi connectivity index (χ1v) is 7.67. The van der Waals surface area contributed by atoms with Crippen LogP contribution in [0, 0.1) is 24.7 Å². The predicted octanol–water partition coefficient (Wildman–Crippen LogP) is 2.11. The maximum absolute atomic E-state index is 10.1. The minimum Gasteiger partial charge on any atom is -0.506 e. The smallest absolute Gasteiger partial charge is 0.141 e. The third-order valence-corrected chi connectivity index (χ3v) is 5.19. The number of hydrogen-bond donors (Lipinski definition) is 3. The topological polar surface area (TPSA) is 65.4 Å². The molecule has 0 aliphatic heterocycles. The van der Waals surface area contributed by atoms with E-state index in [0.29, 0.717) is 17.8 Å². The van der Waals surface area contributed by atoms with Gasteiger partial charge in [-0.05, 0) is 50.5 Å². The standard InChI is InChI=1S/C16H24N2O2/c1-10-16(20)15(14(9-19)7-18-10)8-17-6-13-5-11-2-3-12(13)4-11/h7,11-13,17,19-20H,2-6,8-9H2,1H3. The lowest BCUT2D eigenvalue weighted by molar-refractivity contribution is 0.277. The van der Waals surface area contributed by atoms with E-state index in [1.807, 2.05) is 0 Å². The van der Waals surface area contributed by atoms with Gasteiger partial charge in [0.15, 0.2) is 0 Å². The molecule has 3 unspecified atom stereocenters. The largest absolute Gasteiger partial charge is 0.506 e. The molecule has 3 N–H and O–H groups in total. The Morgan fingerprint density at radius 2 is 2.20 bits per heavy atom. The van der Waals surface area contributed by atoms with Crippen molar-refractivity contribution in [1.29, 1.82) is 0 Å². The highest BCUT2D eigenvalue weighted by atomic mass is 16.3. The van der Waals surface area contributed by atoms with Gasteiger partial charge in [-0.3, -0.25) is 4.98 Å². The molecule has 0 aromatic carbocycles. The highest BCUT2D eigenvalue weighted by molar-refractivity contribution is 5.40. The third-order valence-electron chi connectivity index (χ3n) is 5.19. The van der Waals surface area contributed by atoms with E-state index < -0.39 is 0 Å². The van der Waals surface area contributed by atoms with Crippen molar-refractivity contribution in [2.75, 3.05) is 6.54 Å². The summed E-state index contributed by atoms with van der Waals surface area (Å²) < 4.78 is 0. The zero-order chi connectivity index (χ0) is 14.1. The first kappa shape index (κ1) is 13.8. The Kier molecular flexibility index (Phi) is 3.94. The number of fused-ring (bicyclic) bond motifs is 2. The maximum Gasteiger partial charge on any atom is 0.141 e. The van der Waals surface area contributed by atoms with Gasteiger partial charge in [-0.15, -0.1) is 0 Å². The van der Waals surface area contributed by atoms with Crippen LogP contribution in [0.3, 0.4) is 0 Å². The Morgan fingerprint density at radius 1 is 1.35 bits per heavy atom. The average Bonchev–Trinajstić information content (AvgIpc) is 3.06. The normalized spacial score (nSPS) is 28.2. The van der Waals surface area contributed by atoms with Crippen molar-refractivity contribution in [3.8, 4) is 5.75 Å². The Balaban J connectivity index is 1.59. The molecule has 1 aromatic heterocycles. The molecule has 4 heteroatoms. The molecule has 0 saturated heterocycles. The molecule has 1 heterocycles. The molecule has 2 bridgehead atoms. The summed E-state index contributed by atoms with van der Waals surface area (Å²) in [6, 6.07) is 0. The molecular formula is C16H24N2O2. The second-order valence-electron chi connectivity index (χ2n) is 6.42. The van der Waals surface area contributed by atoms with Crippen molar-refractivity contribution >= 4 is 0 Å². The van der Waals surface area contributed by atoms with E-state index in [2.05, 4.69) is 10.3 Å². The second-order valence-corrected chi connectivity index (χ2v) is 6.42. The Morgan fingerprint density at radius 3 is 2.85 bits per heavy atom. The molecule has 0 spiro atoms. The summed E-state index contributed by atoms with van der Waals surface area (Å²) in [5, 5.41) is 22.9. The second kappa shape index (κ2) is 5.70. The quantitative estimate of drug-likeness (QED) is 0.770. The van der Waals surface area contributed by atoms with Crippen molar-refractivity contribution in [2.24, 2.45) is 17.8 Å². The number of aromatic nitrogens is 1. The van der Waals surface area contributed by atoms with Crippen LogP contribution in [-0.4, -0.2) is 21.7 Å². The minimum atomic E-state index is -0.0774. The summed E-state index contributed by atoms with van der Waals surface area (Å²) in [6.45, 7) is 3.34. The number of pyridine rings is 1. The van der Waals surface area contributed by atoms with Crippen LogP contribution in [0.2, 0.25) is 0 Å². The molecule has 2 aliphatic rings. The summed E-state index contributed by atoms with van der Waals surface area (Å²) in [5.41, 5.74) is 2.13. The van der Waals surface area contributed by atoms with Crippen LogP contribution in [0.4, 0.5) is 0 Å². The molecule has 20 heavy (non-hydrogen) atoms. The molecule has 0 amide bonds. The van der Waals surface area contributed by atoms with Crippen molar-refractivity contribution < 1.29 is 10.2 Å². The number of hydrogen-bond acceptors (Lipinski definition) is 4. The number of nitrogens with one attached hydrogen (secondary N) is 1. The van der Waals surface area contributed by atoms with Gasteiger partial charge in [-0.25, -0.2) is 0 Å². The summed E-state index contributed by atoms with van der Waals surface area (Å²) in [6.07, 6.45) is 7.28. The summed E-state index contributed by atoms with van der Waals surface area (Å²) >= 11 is 0. The van der Waals surface area contributed by atoms with Crippen molar-refractivity contribution in [3.05, 3.63) is 23.0 Å². The summed E-state index contributed by atoms with van der Waals surface area (Å²) in [5.74, 6) is 2.90. The number of aliphatic hydroxyl groups excluding tert-OH is 1. The van der Waals surface area contributed by atoms with Gasteiger partial charge in [0.2, 0.25) is 0 Å². The number of aromatic hydroxyl groups is 1. The van der Waals surface area contributed by atoms with Crippen molar-refractivity contribution in [1.82, 2.24) is 10.3 Å². The highest BCUT2D eigenvalue weighted by Gasteiger charge is 2.38. The monoisotopic (exact) mass is 276 g/mol. The lowest BCUT2D eigenvalue weighted by atomic mass is 9.89. The summed E-state index contributed by atoms with van der Waals surface area (Å²) in [4.78, 5) is 4.09. The molecule has 110 valence electrons. The number of aliphatic hydroxyl groups is 1. The Labute approximate surface area is 120 Å². The molecule has 2 fully saturated rings. The number of nitrogens with zero attached hydrogens (tertiary/aromatic N) is 1. The number of rotatable bonds is 5. The zero-order valence-corrected chi connectivity index (χ0v) is 12.1. The first-order chi connectivity index (χ1) is 9.69. The molecule has 0 radical (unpaired) electrons. The molecule has 1 aromatic rings. The third kappa shape index (κ3) is 2.54. The van der Waals surface area contributed by atoms with Gasteiger partial charge in [-0.2, -0.15) is 0 Å². The fourth-order valence-corrected chi connectivity index (χ4v) is 4.03. The molecule has 3 atom stereocenters. The Hall–Kier alpha value is -1.13. The van der Waals surface area contributed by atoms with Crippen LogP contribution in [-0.2, 0) is 13.2 Å². The fourth-order valence-electron chi connectivity index (χ4n) is 4.03. The maximum atomic E-state index is 10.1. The lowest BCUT2D eigenvalue weighted by Gasteiger charge is -2.22. The average molecular weight is 276 g/mol. The SMILES string of the molecule is Cc1ncc(CO)c(CNCC2CC3CCC2C3)c1O. The van der Waals surface area contributed by atoms with Gasteiger partial charge in [-0.1, -0.05) is 6.42 Å². The van der Waals surface area contributed by atoms with Crippen molar-refractivity contribution in [3.63, 3.8) is 0 Å². The highest BCUT2D eigenvalue weighted by Crippen LogP contribution is 2.47. The van der Waals surface area contributed by atoms with Gasteiger partial charge in [0.05, 0.1) is 12.3 Å². The molecule has 2 saturated carbocycles. The van der Waals surface area contributed by atoms with Gasteiger partial charge in [0.1, 0.15) is 5.75 Å². The van der Waals surface area contributed by atoms with Gasteiger partial charge in [0.25, 0.3) is 0 Å². The van der Waals surface area contributed by atoms with Crippen LogP contribution in [0.5, 0.6) is 5.75 Å². The van der Waals surface area contributed by atoms with Gasteiger partial charge in [0, 0.05) is 23.9 Å². The van der Waals surface area contributed by atoms with Gasteiger partial charge >= 0.3 is 0 Å². The fraction of sp³-hybridized carbons (Fsp3) is 0.688. The van der Waals surface area contributed by atoms with E-state index >= 15 is 0 Å². The summed E-state index contributed by atoms with van der Waals surface area (Å²) in [7, 11) is 0. The minimum absolute atomic E-state index is 0.0774. The van der Waals surface area contributed by atoms with Crippen LogP contribution in [0.1, 0.15) is 42.5 Å². The van der Waals surface area contributed by atoms with Crippen LogP contribution >= 0.6 is 0 Å². The Bertz CT molecular complexity index is 490. The predicted molar refractivity (Wildman–Crippen MR) is 77.2 cm³/mol. The van der Waals surface area contributed by atoms with E-state index in [-0.39, 0.29) is 12.4 Å². The lowest BCUT2D eigenvalue weighted by Crippen LogP contribution is -2.26. The number of aryl methyl sites for hydroxylation is 1. The molecule has 3 rings (SSSR count). The van der Waals surface area contributed by atoms with Crippen LogP contribution in [0.25, 0.3) is 0 Å². The molecule has 4 nitrogen and oxygen atoms in total. The van der Waals surface area contributed by atoms with E-state index in [1.165, 1.54) is 25.7 Å². The van der Waals surface area contributed by atoms with Gasteiger partial charge < -0.3 is 15.5 Å². The van der Waals surface area contributed by atoms with E-state index in [9.17, 15) is 10.2 Å². The zero-order valence-electron chi connectivity index (χ0n) is 12.1. The first-order valence-electron chi connectivity index (χ1n) is 7.67. The van der Waals surface area contributed by atoms with E-state index in [1.54, 1.807) is 13.1 Å². The van der Waals surface area contributed by atoms with Crippen LogP contribution < -0.4 is 5.32 Å². The van der Waals surface area contributed by atoms with E-state index in [0.717, 1.165) is 29.9 Å².